The van der Waals surface area contributed by atoms with Gasteiger partial charge in [-0.15, -0.1) is 11.3 Å². The van der Waals surface area contributed by atoms with Gasteiger partial charge in [0.15, 0.2) is 10.6 Å². The normalized spacial score (nSPS) is 16.0. The minimum Gasteiger partial charge on any atom is -0.507 e. The molecule has 0 aliphatic carbocycles. The van der Waals surface area contributed by atoms with Crippen LogP contribution in [0.1, 0.15) is 48.9 Å². The Bertz CT molecular complexity index is 1610. The van der Waals surface area contributed by atoms with Crippen molar-refractivity contribution in [3.05, 3.63) is 129 Å². The second-order valence-corrected chi connectivity index (χ2v) is 14.3. The van der Waals surface area contributed by atoms with Crippen LogP contribution in [0.25, 0.3) is 0 Å². The fourth-order valence-corrected chi connectivity index (χ4v) is 7.85. The second kappa shape index (κ2) is 11.3. The van der Waals surface area contributed by atoms with Gasteiger partial charge >= 0.3 is 5.97 Å². The van der Waals surface area contributed by atoms with E-state index in [0.29, 0.717) is 18.4 Å². The zero-order chi connectivity index (χ0) is 29.3. The fraction of sp³-hybridized carbons (Fsp3) is 0.273. The van der Waals surface area contributed by atoms with Crippen molar-refractivity contribution in [2.45, 2.75) is 55.9 Å². The van der Waals surface area contributed by atoms with Gasteiger partial charge in [0.1, 0.15) is 5.76 Å². The SMILES string of the molecule is CC(C)(C)C(C1=C(O)C(Cc2ccccc2)(Cc2ccccc2)OC1=O)c1cccc(CS(=O)(=O)c2cscn2)c1. The van der Waals surface area contributed by atoms with Crippen molar-refractivity contribution in [2.75, 3.05) is 0 Å². The van der Waals surface area contributed by atoms with Gasteiger partial charge in [-0.1, -0.05) is 106 Å². The van der Waals surface area contributed by atoms with Crippen molar-refractivity contribution in [3.8, 4) is 0 Å². The molecule has 1 atom stereocenters. The number of ether oxygens (including phenoxy) is 1. The topological polar surface area (TPSA) is 93.6 Å². The molecule has 0 saturated carbocycles. The minimum absolute atomic E-state index is 0.0478. The molecular weight excluding hydrogens is 554 g/mol. The van der Waals surface area contributed by atoms with Gasteiger partial charge < -0.3 is 9.84 Å². The molecule has 8 heteroatoms. The van der Waals surface area contributed by atoms with Gasteiger partial charge in [0, 0.05) is 24.1 Å². The lowest BCUT2D eigenvalue weighted by atomic mass is 9.71. The number of nitrogens with zero attached hydrogens (tertiary/aromatic N) is 1. The van der Waals surface area contributed by atoms with Gasteiger partial charge in [-0.2, -0.15) is 0 Å². The summed E-state index contributed by atoms with van der Waals surface area (Å²) in [6.45, 7) is 5.99. The molecule has 0 fully saturated rings. The van der Waals surface area contributed by atoms with Crippen LogP contribution in [0, 0.1) is 5.41 Å². The molecular formula is C33H33NO5S2. The first kappa shape index (κ1) is 28.8. The number of sulfone groups is 1. The predicted octanol–water partition coefficient (Wildman–Crippen LogP) is 6.84. The zero-order valence-electron chi connectivity index (χ0n) is 23.3. The highest BCUT2D eigenvalue weighted by molar-refractivity contribution is 7.90. The lowest BCUT2D eigenvalue weighted by Gasteiger charge is -2.32. The smallest absolute Gasteiger partial charge is 0.339 e. The summed E-state index contributed by atoms with van der Waals surface area (Å²) in [7, 11) is -3.63. The Balaban J connectivity index is 1.59. The quantitative estimate of drug-likeness (QED) is 0.216. The van der Waals surface area contributed by atoms with E-state index in [1.165, 1.54) is 22.2 Å². The van der Waals surface area contributed by atoms with E-state index in [1.807, 2.05) is 93.6 Å². The van der Waals surface area contributed by atoms with Crippen molar-refractivity contribution < 1.29 is 23.1 Å². The number of carbonyl (C=O) groups is 1. The maximum atomic E-state index is 13.8. The molecule has 0 spiro atoms. The van der Waals surface area contributed by atoms with E-state index in [1.54, 1.807) is 12.1 Å². The number of aliphatic hydroxyl groups excluding tert-OH is 1. The fourth-order valence-electron chi connectivity index (χ4n) is 5.64. The first-order chi connectivity index (χ1) is 19.5. The van der Waals surface area contributed by atoms with Gasteiger partial charge in [0.25, 0.3) is 0 Å². The lowest BCUT2D eigenvalue weighted by Crippen LogP contribution is -2.37. The summed E-state index contributed by atoms with van der Waals surface area (Å²) in [5.74, 6) is -1.40. The Hall–Kier alpha value is -3.75. The van der Waals surface area contributed by atoms with Crippen molar-refractivity contribution in [2.24, 2.45) is 5.41 Å². The molecule has 41 heavy (non-hydrogen) atoms. The van der Waals surface area contributed by atoms with Crippen molar-refractivity contribution in [3.63, 3.8) is 0 Å². The van der Waals surface area contributed by atoms with Crippen molar-refractivity contribution in [1.82, 2.24) is 4.98 Å². The van der Waals surface area contributed by atoms with Crippen LogP contribution in [0.3, 0.4) is 0 Å². The third kappa shape index (κ3) is 6.14. The van der Waals surface area contributed by atoms with Crippen LogP contribution in [0.2, 0.25) is 0 Å². The first-order valence-electron chi connectivity index (χ1n) is 13.4. The third-order valence-corrected chi connectivity index (χ3v) is 9.69. The summed E-state index contributed by atoms with van der Waals surface area (Å²) in [6.07, 6.45) is 0.624. The summed E-state index contributed by atoms with van der Waals surface area (Å²) in [4.78, 5) is 17.7. The van der Waals surface area contributed by atoms with Gasteiger partial charge in [-0.05, 0) is 27.7 Å². The highest BCUT2D eigenvalue weighted by Gasteiger charge is 2.52. The predicted molar refractivity (Wildman–Crippen MR) is 160 cm³/mol. The molecule has 0 saturated heterocycles. The molecule has 4 aromatic rings. The minimum atomic E-state index is -3.63. The molecule has 5 rings (SSSR count). The lowest BCUT2D eigenvalue weighted by molar-refractivity contribution is -0.148. The van der Waals surface area contributed by atoms with Gasteiger partial charge in [-0.25, -0.2) is 18.2 Å². The molecule has 1 N–H and O–H groups in total. The molecule has 3 aromatic carbocycles. The average Bonchev–Trinajstić information content (AvgIpc) is 3.54. The van der Waals surface area contributed by atoms with Crippen molar-refractivity contribution in [1.29, 1.82) is 0 Å². The van der Waals surface area contributed by atoms with Gasteiger partial charge in [0.05, 0.1) is 16.8 Å². The van der Waals surface area contributed by atoms with E-state index >= 15 is 0 Å². The van der Waals surface area contributed by atoms with Gasteiger partial charge in [0.2, 0.25) is 9.84 Å². The monoisotopic (exact) mass is 587 g/mol. The molecule has 0 radical (unpaired) electrons. The second-order valence-electron chi connectivity index (χ2n) is 11.6. The molecule has 0 amide bonds. The molecule has 0 bridgehead atoms. The Morgan fingerprint density at radius 3 is 2.02 bits per heavy atom. The highest BCUT2D eigenvalue weighted by Crippen LogP contribution is 2.49. The summed E-state index contributed by atoms with van der Waals surface area (Å²) < 4.78 is 32.1. The standard InChI is InChI=1S/C33H33NO5S2/c1-32(2,3)29(26-16-10-15-25(17-26)21-41(37,38)27-20-40-22-34-27)28-30(35)33(39-31(28)36,18-23-11-6-4-7-12-23)19-24-13-8-5-9-14-24/h4-17,20,22,29,35H,18-19,21H2,1-3H3. The average molecular weight is 588 g/mol. The Morgan fingerprint density at radius 1 is 0.902 bits per heavy atom. The van der Waals surface area contributed by atoms with Crippen LogP contribution in [-0.4, -0.2) is 30.1 Å². The van der Waals surface area contributed by atoms with Gasteiger partial charge in [-0.3, -0.25) is 0 Å². The van der Waals surface area contributed by atoms with Crippen LogP contribution in [0.15, 0.2) is 112 Å². The number of thiazole rings is 1. The maximum absolute atomic E-state index is 13.8. The first-order valence-corrected chi connectivity index (χ1v) is 16.0. The number of cyclic esters (lactones) is 1. The van der Waals surface area contributed by atoms with E-state index in [9.17, 15) is 18.3 Å². The molecule has 1 aliphatic heterocycles. The summed E-state index contributed by atoms with van der Waals surface area (Å²) in [5.41, 5.74) is 3.11. The Morgan fingerprint density at radius 2 is 1.49 bits per heavy atom. The van der Waals surface area contributed by atoms with Crippen LogP contribution >= 0.6 is 11.3 Å². The van der Waals surface area contributed by atoms with Crippen LogP contribution < -0.4 is 0 Å². The summed E-state index contributed by atoms with van der Waals surface area (Å²) >= 11 is 1.23. The van der Waals surface area contributed by atoms with Crippen LogP contribution in [-0.2, 0) is 38.0 Å². The van der Waals surface area contributed by atoms with E-state index in [0.717, 1.165) is 16.7 Å². The Kier molecular flexibility index (Phi) is 7.90. The molecule has 212 valence electrons. The number of hydrogen-bond acceptors (Lipinski definition) is 7. The van der Waals surface area contributed by atoms with E-state index in [-0.39, 0.29) is 22.1 Å². The Labute approximate surface area is 245 Å². The molecule has 1 unspecified atom stereocenters. The summed E-state index contributed by atoms with van der Waals surface area (Å²) in [6, 6.07) is 26.6. The van der Waals surface area contributed by atoms with Crippen molar-refractivity contribution >= 4 is 27.1 Å². The van der Waals surface area contributed by atoms with Crippen LogP contribution in [0.5, 0.6) is 0 Å². The van der Waals surface area contributed by atoms with Crippen LogP contribution in [0.4, 0.5) is 0 Å². The zero-order valence-corrected chi connectivity index (χ0v) is 24.9. The maximum Gasteiger partial charge on any atom is 0.339 e. The summed E-state index contributed by atoms with van der Waals surface area (Å²) in [5, 5.41) is 13.6. The number of hydrogen-bond donors (Lipinski definition) is 1. The van der Waals surface area contributed by atoms with E-state index < -0.39 is 32.7 Å². The largest absolute Gasteiger partial charge is 0.507 e. The number of aromatic nitrogens is 1. The highest BCUT2D eigenvalue weighted by atomic mass is 32.2. The third-order valence-electron chi connectivity index (χ3n) is 7.38. The molecule has 6 nitrogen and oxygen atoms in total. The molecule has 1 aliphatic rings. The van der Waals surface area contributed by atoms with E-state index in [4.69, 9.17) is 4.74 Å². The number of aliphatic hydroxyl groups is 1. The molecule has 1 aromatic heterocycles. The van der Waals surface area contributed by atoms with E-state index in [2.05, 4.69) is 4.98 Å². The molecule has 2 heterocycles. The number of carbonyl (C=O) groups excluding carboxylic acids is 1. The number of rotatable bonds is 9. The number of benzene rings is 3. The number of esters is 1.